The Hall–Kier alpha value is -0.610. The minimum Gasteiger partial charge on any atom is -0.355 e. The zero-order chi connectivity index (χ0) is 14.6. The van der Waals surface area contributed by atoms with Gasteiger partial charge in [0.05, 0.1) is 6.04 Å². The van der Waals surface area contributed by atoms with Crippen molar-refractivity contribution < 1.29 is 4.79 Å². The monoisotopic (exact) mass is 281 g/mol. The van der Waals surface area contributed by atoms with Gasteiger partial charge >= 0.3 is 0 Å². The minimum absolute atomic E-state index is 0.0197. The van der Waals surface area contributed by atoms with Crippen LogP contribution in [-0.2, 0) is 4.79 Å². The van der Waals surface area contributed by atoms with Gasteiger partial charge in [0.1, 0.15) is 0 Å². The first-order valence-corrected chi connectivity index (χ1v) is 8.19. The Labute approximate surface area is 123 Å². The summed E-state index contributed by atoms with van der Waals surface area (Å²) in [7, 11) is 2.19. The van der Waals surface area contributed by atoms with Crippen LogP contribution in [-0.4, -0.2) is 50.1 Å². The van der Waals surface area contributed by atoms with Crippen molar-refractivity contribution in [3.05, 3.63) is 0 Å². The van der Waals surface area contributed by atoms with Gasteiger partial charge in [0, 0.05) is 6.54 Å². The lowest BCUT2D eigenvalue weighted by Gasteiger charge is -2.38. The van der Waals surface area contributed by atoms with Crippen LogP contribution in [0.3, 0.4) is 0 Å². The van der Waals surface area contributed by atoms with Crippen molar-refractivity contribution in [1.29, 1.82) is 0 Å². The highest BCUT2D eigenvalue weighted by atomic mass is 16.2. The summed E-state index contributed by atoms with van der Waals surface area (Å²) < 4.78 is 0. The molecule has 0 aliphatic carbocycles. The molecule has 0 aromatic rings. The van der Waals surface area contributed by atoms with Crippen LogP contribution in [0, 0.1) is 11.3 Å². The van der Waals surface area contributed by atoms with Gasteiger partial charge < -0.3 is 15.5 Å². The van der Waals surface area contributed by atoms with Crippen LogP contribution in [0.4, 0.5) is 0 Å². The van der Waals surface area contributed by atoms with Crippen molar-refractivity contribution in [1.82, 2.24) is 15.5 Å². The van der Waals surface area contributed by atoms with Crippen LogP contribution in [0.1, 0.15) is 46.0 Å². The van der Waals surface area contributed by atoms with Gasteiger partial charge in [0.15, 0.2) is 0 Å². The quantitative estimate of drug-likeness (QED) is 0.823. The largest absolute Gasteiger partial charge is 0.355 e. The summed E-state index contributed by atoms with van der Waals surface area (Å²) in [5, 5.41) is 6.54. The predicted molar refractivity (Wildman–Crippen MR) is 82.7 cm³/mol. The number of amides is 1. The van der Waals surface area contributed by atoms with Gasteiger partial charge in [-0.05, 0) is 70.1 Å². The standard InChI is InChI=1S/C16H31N3O/c1-16(2)8-4-9-17-14(16)15(20)18-10-5-13-6-11-19(3)12-7-13/h13-14,17H,4-12H2,1-3H3,(H,18,20). The summed E-state index contributed by atoms with van der Waals surface area (Å²) in [6, 6.07) is -0.0197. The van der Waals surface area contributed by atoms with E-state index in [-0.39, 0.29) is 17.4 Å². The summed E-state index contributed by atoms with van der Waals surface area (Å²) in [6.07, 6.45) is 5.99. The Bertz CT molecular complexity index is 322. The molecule has 116 valence electrons. The van der Waals surface area contributed by atoms with E-state index in [1.54, 1.807) is 0 Å². The third-order valence-electron chi connectivity index (χ3n) is 5.08. The first-order valence-electron chi connectivity index (χ1n) is 8.19. The van der Waals surface area contributed by atoms with E-state index in [2.05, 4.69) is 36.4 Å². The molecule has 20 heavy (non-hydrogen) atoms. The van der Waals surface area contributed by atoms with Gasteiger partial charge in [-0.1, -0.05) is 13.8 Å². The molecular weight excluding hydrogens is 250 g/mol. The molecule has 0 bridgehead atoms. The molecule has 4 nitrogen and oxygen atoms in total. The van der Waals surface area contributed by atoms with Gasteiger partial charge in [-0.2, -0.15) is 0 Å². The molecule has 2 aliphatic heterocycles. The lowest BCUT2D eigenvalue weighted by atomic mass is 9.77. The molecule has 1 amide bonds. The topological polar surface area (TPSA) is 44.4 Å². The Balaban J connectivity index is 1.69. The molecule has 0 aromatic carbocycles. The molecule has 2 aliphatic rings. The van der Waals surface area contributed by atoms with E-state index in [0.717, 1.165) is 31.8 Å². The molecule has 0 spiro atoms. The van der Waals surface area contributed by atoms with E-state index in [1.807, 2.05) is 0 Å². The third-order valence-corrected chi connectivity index (χ3v) is 5.08. The molecule has 2 saturated heterocycles. The molecule has 1 atom stereocenters. The molecule has 2 rings (SSSR count). The van der Waals surface area contributed by atoms with Crippen LogP contribution < -0.4 is 10.6 Å². The number of nitrogens with one attached hydrogen (secondary N) is 2. The molecule has 1 unspecified atom stereocenters. The smallest absolute Gasteiger partial charge is 0.237 e. The summed E-state index contributed by atoms with van der Waals surface area (Å²) in [5.74, 6) is 0.987. The number of carbonyl (C=O) groups is 1. The maximum Gasteiger partial charge on any atom is 0.237 e. The molecule has 4 heteroatoms. The number of nitrogens with zero attached hydrogens (tertiary/aromatic N) is 1. The Kier molecular flexibility index (Phi) is 5.44. The molecule has 0 aromatic heterocycles. The van der Waals surface area contributed by atoms with Crippen LogP contribution >= 0.6 is 0 Å². The van der Waals surface area contributed by atoms with Crippen molar-refractivity contribution in [2.24, 2.45) is 11.3 Å². The summed E-state index contributed by atoms with van der Waals surface area (Å²) in [5.41, 5.74) is 0.0792. The van der Waals surface area contributed by atoms with Crippen LogP contribution in [0.2, 0.25) is 0 Å². The maximum atomic E-state index is 12.3. The van der Waals surface area contributed by atoms with Crippen molar-refractivity contribution in [3.63, 3.8) is 0 Å². The van der Waals surface area contributed by atoms with E-state index >= 15 is 0 Å². The van der Waals surface area contributed by atoms with Crippen LogP contribution in [0.25, 0.3) is 0 Å². The zero-order valence-electron chi connectivity index (χ0n) is 13.4. The lowest BCUT2D eigenvalue weighted by molar-refractivity contribution is -0.126. The average Bonchev–Trinajstić information content (AvgIpc) is 2.40. The normalized spacial score (nSPS) is 28.2. The molecule has 0 saturated carbocycles. The number of hydrogen-bond donors (Lipinski definition) is 2. The van der Waals surface area contributed by atoms with E-state index < -0.39 is 0 Å². The van der Waals surface area contributed by atoms with Crippen molar-refractivity contribution in [3.8, 4) is 0 Å². The molecule has 2 N–H and O–H groups in total. The highest BCUT2D eigenvalue weighted by molar-refractivity contribution is 5.82. The van der Waals surface area contributed by atoms with E-state index in [0.29, 0.717) is 0 Å². The summed E-state index contributed by atoms with van der Waals surface area (Å²) >= 11 is 0. The number of hydrogen-bond acceptors (Lipinski definition) is 3. The summed E-state index contributed by atoms with van der Waals surface area (Å²) in [6.45, 7) is 8.60. The van der Waals surface area contributed by atoms with Crippen molar-refractivity contribution in [2.75, 3.05) is 33.2 Å². The predicted octanol–water partition coefficient (Wildman–Crippen LogP) is 1.61. The van der Waals surface area contributed by atoms with Gasteiger partial charge in [-0.25, -0.2) is 0 Å². The SMILES string of the molecule is CN1CCC(CCNC(=O)C2NCCCC2(C)C)CC1. The fourth-order valence-electron chi connectivity index (χ4n) is 3.51. The van der Waals surface area contributed by atoms with Gasteiger partial charge in [-0.3, -0.25) is 4.79 Å². The average molecular weight is 281 g/mol. The third kappa shape index (κ3) is 4.19. The van der Waals surface area contributed by atoms with Gasteiger partial charge in [0.25, 0.3) is 0 Å². The zero-order valence-corrected chi connectivity index (χ0v) is 13.4. The Morgan fingerprint density at radius 1 is 1.35 bits per heavy atom. The fourth-order valence-corrected chi connectivity index (χ4v) is 3.51. The van der Waals surface area contributed by atoms with Crippen molar-refractivity contribution in [2.45, 2.75) is 52.0 Å². The number of likely N-dealkylation sites (tertiary alicyclic amines) is 1. The van der Waals surface area contributed by atoms with E-state index in [1.165, 1.54) is 32.4 Å². The second kappa shape index (κ2) is 6.90. The number of piperidine rings is 2. The first-order chi connectivity index (χ1) is 9.49. The molecule has 0 radical (unpaired) electrons. The maximum absolute atomic E-state index is 12.3. The number of carbonyl (C=O) groups excluding carboxylic acids is 1. The number of rotatable bonds is 4. The van der Waals surface area contributed by atoms with Gasteiger partial charge in [-0.15, -0.1) is 0 Å². The van der Waals surface area contributed by atoms with Crippen molar-refractivity contribution >= 4 is 5.91 Å². The Morgan fingerprint density at radius 3 is 2.70 bits per heavy atom. The van der Waals surface area contributed by atoms with E-state index in [4.69, 9.17) is 0 Å². The van der Waals surface area contributed by atoms with E-state index in [9.17, 15) is 4.79 Å². The second-order valence-corrected chi connectivity index (χ2v) is 7.31. The molecule has 2 heterocycles. The highest BCUT2D eigenvalue weighted by Crippen LogP contribution is 2.30. The molecule has 2 fully saturated rings. The first kappa shape index (κ1) is 15.8. The fraction of sp³-hybridized carbons (Fsp3) is 0.938. The second-order valence-electron chi connectivity index (χ2n) is 7.31. The highest BCUT2D eigenvalue weighted by Gasteiger charge is 2.36. The van der Waals surface area contributed by atoms with Crippen LogP contribution in [0.5, 0.6) is 0 Å². The molecular formula is C16H31N3O. The minimum atomic E-state index is -0.0197. The van der Waals surface area contributed by atoms with Crippen LogP contribution in [0.15, 0.2) is 0 Å². The lowest BCUT2D eigenvalue weighted by Crippen LogP contribution is -2.55. The Morgan fingerprint density at radius 2 is 2.05 bits per heavy atom. The summed E-state index contributed by atoms with van der Waals surface area (Å²) in [4.78, 5) is 14.7. The van der Waals surface area contributed by atoms with Gasteiger partial charge in [0.2, 0.25) is 5.91 Å².